The van der Waals surface area contributed by atoms with Crippen LogP contribution in [0.2, 0.25) is 0 Å². The molecule has 0 heterocycles. The van der Waals surface area contributed by atoms with E-state index >= 15 is 0 Å². The molecule has 0 bridgehead atoms. The van der Waals surface area contributed by atoms with Crippen LogP contribution in [-0.4, -0.2) is 67.3 Å². The molecule has 0 aromatic rings. The molecule has 1 amide bonds. The van der Waals surface area contributed by atoms with Crippen LogP contribution in [0.4, 0.5) is 0 Å². The van der Waals surface area contributed by atoms with Crippen molar-refractivity contribution in [2.24, 2.45) is 5.41 Å². The Morgan fingerprint density at radius 2 is 1.91 bits per heavy atom. The Labute approximate surface area is 137 Å². The van der Waals surface area contributed by atoms with Gasteiger partial charge in [0.05, 0.1) is 18.4 Å². The van der Waals surface area contributed by atoms with Gasteiger partial charge in [-0.15, -0.1) is 0 Å². The van der Waals surface area contributed by atoms with Gasteiger partial charge in [-0.2, -0.15) is 4.31 Å². The first-order valence-corrected chi connectivity index (χ1v) is 9.15. The van der Waals surface area contributed by atoms with Gasteiger partial charge in [0.1, 0.15) is 5.54 Å². The maximum Gasteiger partial charge on any atom is 0.330 e. The number of hydrogen-bond acceptors (Lipinski definition) is 5. The second-order valence-corrected chi connectivity index (χ2v) is 8.65. The van der Waals surface area contributed by atoms with Crippen molar-refractivity contribution in [2.75, 3.05) is 26.0 Å². The highest BCUT2D eigenvalue weighted by atomic mass is 32.2. The summed E-state index contributed by atoms with van der Waals surface area (Å²) < 4.78 is 29.8. The van der Waals surface area contributed by atoms with Gasteiger partial charge in [0.15, 0.2) is 0 Å². The SMILES string of the molecule is CCOC1CC(NC(=O)CN(C)S(=O)(=O)CC)(C(=O)O)C1(C)C. The summed E-state index contributed by atoms with van der Waals surface area (Å²) in [6.45, 7) is 6.77. The molecule has 0 aromatic carbocycles. The Kier molecular flexibility index (Phi) is 5.82. The Morgan fingerprint density at radius 3 is 2.30 bits per heavy atom. The monoisotopic (exact) mass is 350 g/mol. The predicted molar refractivity (Wildman–Crippen MR) is 84.4 cm³/mol. The summed E-state index contributed by atoms with van der Waals surface area (Å²) >= 11 is 0. The highest BCUT2D eigenvalue weighted by molar-refractivity contribution is 7.89. The van der Waals surface area contributed by atoms with Crippen LogP contribution < -0.4 is 5.32 Å². The molecule has 2 unspecified atom stereocenters. The van der Waals surface area contributed by atoms with Crippen LogP contribution in [0.15, 0.2) is 0 Å². The first-order chi connectivity index (χ1) is 10.4. The number of carbonyl (C=O) groups excluding carboxylic acids is 1. The van der Waals surface area contributed by atoms with Crippen LogP contribution in [0.3, 0.4) is 0 Å². The van der Waals surface area contributed by atoms with Gasteiger partial charge in [0, 0.05) is 25.5 Å². The van der Waals surface area contributed by atoms with Gasteiger partial charge >= 0.3 is 5.97 Å². The zero-order valence-corrected chi connectivity index (χ0v) is 15.1. The second kappa shape index (κ2) is 6.74. The van der Waals surface area contributed by atoms with E-state index in [2.05, 4.69) is 5.32 Å². The van der Waals surface area contributed by atoms with Crippen molar-refractivity contribution in [1.29, 1.82) is 0 Å². The molecule has 8 nitrogen and oxygen atoms in total. The van der Waals surface area contributed by atoms with Crippen LogP contribution in [0.1, 0.15) is 34.1 Å². The standard InChI is InChI=1S/C14H26N2O6S/c1-6-22-10-8-14(12(18)19,13(10,3)4)15-11(17)9-16(5)23(20,21)7-2/h10H,6-9H2,1-5H3,(H,15,17)(H,18,19). The number of nitrogens with one attached hydrogen (secondary N) is 1. The molecule has 0 radical (unpaired) electrons. The third-order valence-corrected chi connectivity index (χ3v) is 6.50. The molecule has 23 heavy (non-hydrogen) atoms. The molecule has 0 aliphatic heterocycles. The lowest BCUT2D eigenvalue weighted by atomic mass is 9.54. The van der Waals surface area contributed by atoms with Gasteiger partial charge in [-0.3, -0.25) is 4.79 Å². The van der Waals surface area contributed by atoms with E-state index in [0.29, 0.717) is 6.61 Å². The van der Waals surface area contributed by atoms with Crippen molar-refractivity contribution in [3.05, 3.63) is 0 Å². The number of carboxylic acids is 1. The molecular weight excluding hydrogens is 324 g/mol. The summed E-state index contributed by atoms with van der Waals surface area (Å²) in [5, 5.41) is 12.1. The molecule has 1 saturated carbocycles. The fourth-order valence-electron chi connectivity index (χ4n) is 2.84. The Morgan fingerprint density at radius 1 is 1.35 bits per heavy atom. The number of likely N-dealkylation sites (N-methyl/N-ethyl adjacent to an activating group) is 1. The average Bonchev–Trinajstić information content (AvgIpc) is 2.45. The van der Waals surface area contributed by atoms with Crippen molar-refractivity contribution in [3.8, 4) is 0 Å². The zero-order chi connectivity index (χ0) is 18.1. The summed E-state index contributed by atoms with van der Waals surface area (Å²) in [4.78, 5) is 23.9. The molecule has 0 spiro atoms. The smallest absolute Gasteiger partial charge is 0.330 e. The van der Waals surface area contributed by atoms with Crippen LogP contribution in [0.25, 0.3) is 0 Å². The minimum absolute atomic E-state index is 0.126. The number of carbonyl (C=O) groups is 2. The lowest BCUT2D eigenvalue weighted by molar-refractivity contribution is -0.194. The van der Waals surface area contributed by atoms with E-state index in [-0.39, 0.29) is 18.3 Å². The number of amides is 1. The van der Waals surface area contributed by atoms with Crippen LogP contribution >= 0.6 is 0 Å². The minimum atomic E-state index is -3.51. The number of carboxylic acid groups (broad SMARTS) is 1. The molecule has 1 rings (SSSR count). The Bertz CT molecular complexity index is 574. The van der Waals surface area contributed by atoms with E-state index in [4.69, 9.17) is 4.74 Å². The van der Waals surface area contributed by atoms with E-state index in [1.807, 2.05) is 6.92 Å². The molecule has 9 heteroatoms. The third kappa shape index (κ3) is 3.51. The zero-order valence-electron chi connectivity index (χ0n) is 14.2. The van der Waals surface area contributed by atoms with E-state index in [1.54, 1.807) is 13.8 Å². The molecule has 0 aromatic heterocycles. The van der Waals surface area contributed by atoms with Crippen molar-refractivity contribution in [3.63, 3.8) is 0 Å². The van der Waals surface area contributed by atoms with Gasteiger partial charge in [-0.05, 0) is 13.8 Å². The summed E-state index contributed by atoms with van der Waals surface area (Å²) in [5.74, 6) is -1.92. The fourth-order valence-corrected chi connectivity index (χ4v) is 3.59. The number of rotatable bonds is 8. The molecule has 1 aliphatic rings. The van der Waals surface area contributed by atoms with E-state index in [0.717, 1.165) is 4.31 Å². The molecule has 1 fully saturated rings. The molecule has 1 aliphatic carbocycles. The highest BCUT2D eigenvalue weighted by Crippen LogP contribution is 2.51. The predicted octanol–water partition coefficient (Wildman–Crippen LogP) is 0.0425. The molecule has 2 N–H and O–H groups in total. The van der Waals surface area contributed by atoms with Crippen molar-refractivity contribution in [1.82, 2.24) is 9.62 Å². The maximum atomic E-state index is 12.2. The van der Waals surface area contributed by atoms with Gasteiger partial charge in [0.25, 0.3) is 0 Å². The van der Waals surface area contributed by atoms with Gasteiger partial charge in [-0.25, -0.2) is 13.2 Å². The average molecular weight is 350 g/mol. The van der Waals surface area contributed by atoms with E-state index < -0.39 is 39.4 Å². The van der Waals surface area contributed by atoms with Gasteiger partial charge < -0.3 is 15.2 Å². The molecular formula is C14H26N2O6S. The Hall–Kier alpha value is -1.19. The van der Waals surface area contributed by atoms with Gasteiger partial charge in [0.2, 0.25) is 15.9 Å². The van der Waals surface area contributed by atoms with Crippen molar-refractivity contribution in [2.45, 2.75) is 45.8 Å². The largest absolute Gasteiger partial charge is 0.479 e. The number of nitrogens with zero attached hydrogens (tertiary/aromatic N) is 1. The summed E-state index contributed by atoms with van der Waals surface area (Å²) in [5.41, 5.74) is -2.26. The van der Waals surface area contributed by atoms with Gasteiger partial charge in [-0.1, -0.05) is 13.8 Å². The van der Waals surface area contributed by atoms with Crippen LogP contribution in [0, 0.1) is 5.41 Å². The molecule has 134 valence electrons. The third-order valence-electron chi connectivity index (χ3n) is 4.69. The number of ether oxygens (including phenoxy) is 1. The van der Waals surface area contributed by atoms with Crippen LogP contribution in [-0.2, 0) is 24.3 Å². The molecule has 0 saturated heterocycles. The highest BCUT2D eigenvalue weighted by Gasteiger charge is 2.66. The number of sulfonamides is 1. The maximum absolute atomic E-state index is 12.2. The summed E-state index contributed by atoms with van der Waals surface area (Å²) in [6, 6.07) is 0. The topological polar surface area (TPSA) is 113 Å². The second-order valence-electron chi connectivity index (χ2n) is 6.29. The first-order valence-electron chi connectivity index (χ1n) is 7.54. The van der Waals surface area contributed by atoms with Crippen LogP contribution in [0.5, 0.6) is 0 Å². The number of hydrogen-bond donors (Lipinski definition) is 2. The summed E-state index contributed by atoms with van der Waals surface area (Å²) in [6.07, 6.45) is -0.125. The quantitative estimate of drug-likeness (QED) is 0.639. The Balaban J connectivity index is 2.87. The molecule has 2 atom stereocenters. The first kappa shape index (κ1) is 19.9. The van der Waals surface area contributed by atoms with E-state index in [1.165, 1.54) is 14.0 Å². The fraction of sp³-hybridized carbons (Fsp3) is 0.857. The lowest BCUT2D eigenvalue weighted by Crippen LogP contribution is -2.76. The minimum Gasteiger partial charge on any atom is -0.479 e. The normalized spacial score (nSPS) is 26.6. The summed E-state index contributed by atoms with van der Waals surface area (Å²) in [7, 11) is -2.21. The van der Waals surface area contributed by atoms with Crippen molar-refractivity contribution >= 4 is 21.9 Å². The van der Waals surface area contributed by atoms with Crippen molar-refractivity contribution < 1.29 is 27.9 Å². The van der Waals surface area contributed by atoms with E-state index in [9.17, 15) is 23.1 Å². The number of aliphatic carboxylic acids is 1. The lowest BCUT2D eigenvalue weighted by Gasteiger charge is -2.58.